The predicted octanol–water partition coefficient (Wildman–Crippen LogP) is -1.87. The lowest BCUT2D eigenvalue weighted by Gasteiger charge is -2.42. The van der Waals surface area contributed by atoms with Gasteiger partial charge in [-0.2, -0.15) is 0 Å². The molecule has 0 saturated carbocycles. The first-order valence-electron chi connectivity index (χ1n) is 5.63. The molecule has 1 rings (SSSR count). The zero-order valence-electron chi connectivity index (χ0n) is 10.2. The molecule has 1 aliphatic heterocycles. The molecule has 1 heterocycles. The number of ether oxygens (including phenoxy) is 2. The molecule has 1 amide bonds. The summed E-state index contributed by atoms with van der Waals surface area (Å²) in [4.78, 5) is 11.1. The first-order chi connectivity index (χ1) is 8.51. The van der Waals surface area contributed by atoms with Gasteiger partial charge in [-0.25, -0.2) is 0 Å². The monoisotopic (exact) mass is 261 g/mol. The Bertz CT molecular complexity index is 297. The number of hydrogen-bond donors (Lipinski definition) is 4. The number of amides is 1. The summed E-state index contributed by atoms with van der Waals surface area (Å²) in [6, 6.07) is -0.903. The van der Waals surface area contributed by atoms with Gasteiger partial charge in [0.1, 0.15) is 24.4 Å². The average molecular weight is 261 g/mol. The summed E-state index contributed by atoms with van der Waals surface area (Å²) in [6.45, 7) is 4.45. The molecule has 0 aromatic rings. The van der Waals surface area contributed by atoms with Crippen molar-refractivity contribution < 1.29 is 29.6 Å². The highest BCUT2D eigenvalue weighted by Gasteiger charge is 2.45. The van der Waals surface area contributed by atoms with Crippen molar-refractivity contribution in [1.29, 1.82) is 0 Å². The van der Waals surface area contributed by atoms with E-state index in [1.807, 2.05) is 0 Å². The second-order valence-corrected chi connectivity index (χ2v) is 4.05. The fourth-order valence-electron chi connectivity index (χ4n) is 1.78. The van der Waals surface area contributed by atoms with Gasteiger partial charge in [0.25, 0.3) is 0 Å². The molecular weight excluding hydrogens is 242 g/mol. The van der Waals surface area contributed by atoms with Crippen LogP contribution in [0.15, 0.2) is 12.7 Å². The van der Waals surface area contributed by atoms with Crippen LogP contribution >= 0.6 is 0 Å². The van der Waals surface area contributed by atoms with E-state index in [2.05, 4.69) is 11.9 Å². The number of aliphatic hydroxyl groups is 3. The minimum atomic E-state index is -1.30. The van der Waals surface area contributed by atoms with Crippen LogP contribution in [-0.2, 0) is 14.3 Å². The topological polar surface area (TPSA) is 108 Å². The second-order valence-electron chi connectivity index (χ2n) is 4.05. The predicted molar refractivity (Wildman–Crippen MR) is 61.5 cm³/mol. The third kappa shape index (κ3) is 3.50. The molecular formula is C11H19NO6. The zero-order chi connectivity index (χ0) is 13.7. The smallest absolute Gasteiger partial charge is 0.217 e. The Labute approximate surface area is 105 Å². The SMILES string of the molecule is C=CCO[C@@H]1O[C@H](CO)[C@H](O)[C@H](O)[C@@H]1NC(C)=O. The number of rotatable bonds is 5. The van der Waals surface area contributed by atoms with E-state index in [0.717, 1.165) is 0 Å². The Morgan fingerprint density at radius 3 is 2.67 bits per heavy atom. The highest BCUT2D eigenvalue weighted by molar-refractivity contribution is 5.73. The van der Waals surface area contributed by atoms with E-state index in [9.17, 15) is 15.0 Å². The van der Waals surface area contributed by atoms with Gasteiger partial charge in [-0.3, -0.25) is 4.79 Å². The van der Waals surface area contributed by atoms with Gasteiger partial charge >= 0.3 is 0 Å². The lowest BCUT2D eigenvalue weighted by atomic mass is 9.97. The number of nitrogens with one attached hydrogen (secondary N) is 1. The second kappa shape index (κ2) is 6.81. The van der Waals surface area contributed by atoms with Gasteiger partial charge in [0.05, 0.1) is 13.2 Å². The Kier molecular flexibility index (Phi) is 5.70. The molecule has 0 aromatic carbocycles. The lowest BCUT2D eigenvalue weighted by Crippen LogP contribution is -2.64. The third-order valence-electron chi connectivity index (χ3n) is 2.63. The van der Waals surface area contributed by atoms with Gasteiger partial charge in [-0.15, -0.1) is 6.58 Å². The van der Waals surface area contributed by atoms with Crippen molar-refractivity contribution >= 4 is 5.91 Å². The van der Waals surface area contributed by atoms with Crippen LogP contribution in [-0.4, -0.2) is 65.1 Å². The molecule has 4 N–H and O–H groups in total. The van der Waals surface area contributed by atoms with Crippen LogP contribution in [0.2, 0.25) is 0 Å². The van der Waals surface area contributed by atoms with Crippen LogP contribution < -0.4 is 5.32 Å². The zero-order valence-corrected chi connectivity index (χ0v) is 10.2. The van der Waals surface area contributed by atoms with Gasteiger partial charge in [-0.05, 0) is 0 Å². The van der Waals surface area contributed by atoms with Crippen LogP contribution in [0.25, 0.3) is 0 Å². The van der Waals surface area contributed by atoms with Crippen molar-refractivity contribution in [3.63, 3.8) is 0 Å². The van der Waals surface area contributed by atoms with Crippen molar-refractivity contribution in [2.24, 2.45) is 0 Å². The summed E-state index contributed by atoms with van der Waals surface area (Å²) in [5.41, 5.74) is 0. The van der Waals surface area contributed by atoms with Gasteiger partial charge in [0.15, 0.2) is 6.29 Å². The molecule has 1 saturated heterocycles. The maximum absolute atomic E-state index is 11.1. The van der Waals surface area contributed by atoms with E-state index >= 15 is 0 Å². The first kappa shape index (κ1) is 15.1. The van der Waals surface area contributed by atoms with Crippen LogP contribution in [0.1, 0.15) is 6.92 Å². The molecule has 0 spiro atoms. The van der Waals surface area contributed by atoms with Crippen LogP contribution in [0.3, 0.4) is 0 Å². The first-order valence-corrected chi connectivity index (χ1v) is 5.63. The number of carbonyl (C=O) groups excluding carboxylic acids is 1. The summed E-state index contributed by atoms with van der Waals surface area (Å²) in [5.74, 6) is -0.385. The van der Waals surface area contributed by atoms with E-state index in [1.165, 1.54) is 13.0 Å². The minimum Gasteiger partial charge on any atom is -0.394 e. The quantitative estimate of drug-likeness (QED) is 0.432. The molecule has 0 radical (unpaired) electrons. The van der Waals surface area contributed by atoms with E-state index < -0.39 is 37.3 Å². The summed E-state index contributed by atoms with van der Waals surface area (Å²) in [6.07, 6.45) is -3.01. The van der Waals surface area contributed by atoms with Gasteiger partial charge < -0.3 is 30.1 Å². The van der Waals surface area contributed by atoms with E-state index in [4.69, 9.17) is 14.6 Å². The highest BCUT2D eigenvalue weighted by atomic mass is 16.7. The van der Waals surface area contributed by atoms with Crippen molar-refractivity contribution in [3.8, 4) is 0 Å². The summed E-state index contributed by atoms with van der Waals surface area (Å²) >= 11 is 0. The van der Waals surface area contributed by atoms with Crippen LogP contribution in [0.5, 0.6) is 0 Å². The molecule has 7 heteroatoms. The van der Waals surface area contributed by atoms with E-state index in [0.29, 0.717) is 0 Å². The average Bonchev–Trinajstić information content (AvgIpc) is 2.33. The molecule has 5 atom stereocenters. The number of carbonyl (C=O) groups is 1. The van der Waals surface area contributed by atoms with Crippen molar-refractivity contribution in [1.82, 2.24) is 5.32 Å². The number of aliphatic hydroxyl groups excluding tert-OH is 3. The van der Waals surface area contributed by atoms with Crippen molar-refractivity contribution in [3.05, 3.63) is 12.7 Å². The molecule has 18 heavy (non-hydrogen) atoms. The molecule has 7 nitrogen and oxygen atoms in total. The maximum Gasteiger partial charge on any atom is 0.217 e. The van der Waals surface area contributed by atoms with E-state index in [1.54, 1.807) is 0 Å². The fraction of sp³-hybridized carbons (Fsp3) is 0.727. The normalized spacial score (nSPS) is 36.1. The summed E-state index contributed by atoms with van der Waals surface area (Å²) in [7, 11) is 0. The largest absolute Gasteiger partial charge is 0.394 e. The molecule has 0 aliphatic carbocycles. The molecule has 0 unspecified atom stereocenters. The van der Waals surface area contributed by atoms with Gasteiger partial charge in [-0.1, -0.05) is 6.08 Å². The standard InChI is InChI=1S/C11H19NO6/c1-3-4-17-11-8(12-6(2)14)10(16)9(15)7(5-13)18-11/h3,7-11,13,15-16H,1,4-5H2,2H3,(H,12,14)/t7-,8+,9+,10-,11-/m1/s1. The Hall–Kier alpha value is -0.990. The van der Waals surface area contributed by atoms with E-state index in [-0.39, 0.29) is 12.5 Å². The third-order valence-corrected chi connectivity index (χ3v) is 2.63. The molecule has 104 valence electrons. The molecule has 0 bridgehead atoms. The Balaban J connectivity index is 2.79. The van der Waals surface area contributed by atoms with Crippen molar-refractivity contribution in [2.45, 2.75) is 37.6 Å². The van der Waals surface area contributed by atoms with Crippen molar-refractivity contribution in [2.75, 3.05) is 13.2 Å². The maximum atomic E-state index is 11.1. The molecule has 1 aliphatic rings. The summed E-state index contributed by atoms with van der Waals surface area (Å²) in [5, 5.41) is 31.1. The van der Waals surface area contributed by atoms with Gasteiger partial charge in [0.2, 0.25) is 5.91 Å². The minimum absolute atomic E-state index is 0.154. The van der Waals surface area contributed by atoms with Gasteiger partial charge in [0, 0.05) is 6.92 Å². The fourth-order valence-corrected chi connectivity index (χ4v) is 1.78. The van der Waals surface area contributed by atoms with Crippen LogP contribution in [0.4, 0.5) is 0 Å². The molecule has 0 aromatic heterocycles. The molecule has 1 fully saturated rings. The Morgan fingerprint density at radius 2 is 2.17 bits per heavy atom. The Morgan fingerprint density at radius 1 is 1.50 bits per heavy atom. The van der Waals surface area contributed by atoms with Crippen LogP contribution in [0, 0.1) is 0 Å². The highest BCUT2D eigenvalue weighted by Crippen LogP contribution is 2.22. The summed E-state index contributed by atoms with van der Waals surface area (Å²) < 4.78 is 10.5. The number of hydrogen-bond acceptors (Lipinski definition) is 6. The lowest BCUT2D eigenvalue weighted by molar-refractivity contribution is -0.267.